The minimum absolute atomic E-state index is 0.118. The van der Waals surface area contributed by atoms with Gasteiger partial charge in [-0.1, -0.05) is 27.7 Å². The Morgan fingerprint density at radius 2 is 1.94 bits per heavy atom. The van der Waals surface area contributed by atoms with Gasteiger partial charge in [-0.3, -0.25) is 4.98 Å². The van der Waals surface area contributed by atoms with Crippen LogP contribution < -0.4 is 0 Å². The molecule has 2 unspecified atom stereocenters. The summed E-state index contributed by atoms with van der Waals surface area (Å²) in [6.07, 6.45) is 1.99. The molecule has 0 amide bonds. The lowest BCUT2D eigenvalue weighted by atomic mass is 9.83. The van der Waals surface area contributed by atoms with Gasteiger partial charge in [0.1, 0.15) is 0 Å². The van der Waals surface area contributed by atoms with Gasteiger partial charge in [-0.25, -0.2) is 0 Å². The second-order valence-electron chi connectivity index (χ2n) is 4.91. The highest BCUT2D eigenvalue weighted by molar-refractivity contribution is 5.39. The maximum absolute atomic E-state index is 6.10. The maximum Gasteiger partial charge on any atom is 0.0982 e. The zero-order valence-electron chi connectivity index (χ0n) is 12.2. The van der Waals surface area contributed by atoms with Gasteiger partial charge in [-0.2, -0.15) is 0 Å². The second kappa shape index (κ2) is 5.18. The Kier molecular flexibility index (Phi) is 4.31. The van der Waals surface area contributed by atoms with Crippen LogP contribution in [0.3, 0.4) is 0 Å². The fourth-order valence-electron chi connectivity index (χ4n) is 2.44. The zero-order chi connectivity index (χ0) is 13.2. The number of aromatic nitrogens is 1. The molecule has 2 heterocycles. The van der Waals surface area contributed by atoms with Gasteiger partial charge in [0, 0.05) is 11.8 Å². The van der Waals surface area contributed by atoms with Crippen molar-refractivity contribution in [2.45, 2.75) is 60.2 Å². The summed E-state index contributed by atoms with van der Waals surface area (Å²) >= 11 is 0. The van der Waals surface area contributed by atoms with Gasteiger partial charge in [0.25, 0.3) is 0 Å². The number of pyridine rings is 1. The molecule has 2 heteroatoms. The van der Waals surface area contributed by atoms with E-state index in [4.69, 9.17) is 4.74 Å². The highest BCUT2D eigenvalue weighted by atomic mass is 16.5. The van der Waals surface area contributed by atoms with Crippen LogP contribution >= 0.6 is 0 Å². The molecule has 1 aliphatic heterocycles. The SMILES string of the molecule is CC.Cc1ccnc2c1C(C)(C(C)C)OC2C. The van der Waals surface area contributed by atoms with Gasteiger partial charge in [0.05, 0.1) is 17.4 Å². The van der Waals surface area contributed by atoms with Crippen LogP contribution in [0, 0.1) is 12.8 Å². The van der Waals surface area contributed by atoms with E-state index >= 15 is 0 Å². The van der Waals surface area contributed by atoms with E-state index in [0.29, 0.717) is 5.92 Å². The first-order valence-corrected chi connectivity index (χ1v) is 6.60. The molecular formula is C15H25NO. The van der Waals surface area contributed by atoms with E-state index in [1.165, 1.54) is 11.1 Å². The predicted molar refractivity (Wildman–Crippen MR) is 72.0 cm³/mol. The molecule has 0 aromatic carbocycles. The third-order valence-electron chi connectivity index (χ3n) is 3.59. The largest absolute Gasteiger partial charge is 0.361 e. The van der Waals surface area contributed by atoms with Crippen LogP contribution in [0.4, 0.5) is 0 Å². The van der Waals surface area contributed by atoms with Gasteiger partial charge in [0.2, 0.25) is 0 Å². The lowest BCUT2D eigenvalue weighted by molar-refractivity contribution is -0.0874. The fraction of sp³-hybridized carbons (Fsp3) is 0.667. The van der Waals surface area contributed by atoms with Crippen LogP contribution in [0.2, 0.25) is 0 Å². The number of rotatable bonds is 1. The molecule has 0 saturated heterocycles. The van der Waals surface area contributed by atoms with Gasteiger partial charge < -0.3 is 4.74 Å². The van der Waals surface area contributed by atoms with Crippen LogP contribution in [0.5, 0.6) is 0 Å². The van der Waals surface area contributed by atoms with Crippen molar-refractivity contribution in [3.63, 3.8) is 0 Å². The Morgan fingerprint density at radius 3 is 2.47 bits per heavy atom. The summed E-state index contributed by atoms with van der Waals surface area (Å²) < 4.78 is 6.10. The number of hydrogen-bond donors (Lipinski definition) is 0. The first-order valence-electron chi connectivity index (χ1n) is 6.60. The van der Waals surface area contributed by atoms with Crippen molar-refractivity contribution in [2.24, 2.45) is 5.92 Å². The second-order valence-corrected chi connectivity index (χ2v) is 4.91. The monoisotopic (exact) mass is 235 g/mol. The van der Waals surface area contributed by atoms with E-state index in [0.717, 1.165) is 5.69 Å². The molecule has 0 aliphatic carbocycles. The summed E-state index contributed by atoms with van der Waals surface area (Å²) in [5.41, 5.74) is 3.53. The summed E-state index contributed by atoms with van der Waals surface area (Å²) in [6, 6.07) is 2.07. The number of hydrogen-bond acceptors (Lipinski definition) is 2. The number of nitrogens with zero attached hydrogens (tertiary/aromatic N) is 1. The molecule has 1 aliphatic rings. The average Bonchev–Trinajstić information content (AvgIpc) is 2.57. The number of fused-ring (bicyclic) bond motifs is 1. The van der Waals surface area contributed by atoms with E-state index in [9.17, 15) is 0 Å². The minimum Gasteiger partial charge on any atom is -0.361 e. The van der Waals surface area contributed by atoms with E-state index in [1.807, 2.05) is 20.0 Å². The molecule has 0 spiro atoms. The van der Waals surface area contributed by atoms with E-state index in [-0.39, 0.29) is 11.7 Å². The Hall–Kier alpha value is -0.890. The molecule has 1 aromatic rings. The quantitative estimate of drug-likeness (QED) is 0.720. The fourth-order valence-corrected chi connectivity index (χ4v) is 2.44. The summed E-state index contributed by atoms with van der Waals surface area (Å²) in [5, 5.41) is 0. The lowest BCUT2D eigenvalue weighted by Crippen LogP contribution is -2.28. The summed E-state index contributed by atoms with van der Waals surface area (Å²) in [7, 11) is 0. The molecule has 2 nitrogen and oxygen atoms in total. The normalized spacial score (nSPS) is 26.5. The van der Waals surface area contributed by atoms with Crippen LogP contribution in [0.1, 0.15) is 64.5 Å². The molecule has 0 N–H and O–H groups in total. The first-order chi connectivity index (χ1) is 7.97. The summed E-state index contributed by atoms with van der Waals surface area (Å²) in [5.74, 6) is 0.462. The van der Waals surface area contributed by atoms with Gasteiger partial charge in [0.15, 0.2) is 0 Å². The van der Waals surface area contributed by atoms with Crippen LogP contribution in [0.25, 0.3) is 0 Å². The van der Waals surface area contributed by atoms with Crippen LogP contribution in [-0.2, 0) is 10.3 Å². The standard InChI is InChI=1S/C13H19NO.C2H6/c1-8(2)13(5)11-9(3)6-7-14-12(11)10(4)15-13;1-2/h6-8,10H,1-5H3;1-2H3. The Balaban J connectivity index is 0.000000686. The van der Waals surface area contributed by atoms with Crippen molar-refractivity contribution < 1.29 is 4.74 Å². The molecule has 2 rings (SSSR count). The van der Waals surface area contributed by atoms with Crippen molar-refractivity contribution in [3.8, 4) is 0 Å². The van der Waals surface area contributed by atoms with E-state index in [2.05, 4.69) is 45.7 Å². The van der Waals surface area contributed by atoms with Crippen molar-refractivity contribution in [1.82, 2.24) is 4.98 Å². The Bertz CT molecular complexity index is 387. The molecule has 17 heavy (non-hydrogen) atoms. The van der Waals surface area contributed by atoms with Crippen molar-refractivity contribution in [2.75, 3.05) is 0 Å². The molecule has 2 atom stereocenters. The first kappa shape index (κ1) is 14.2. The Morgan fingerprint density at radius 1 is 1.35 bits per heavy atom. The maximum atomic E-state index is 6.10. The molecule has 0 saturated carbocycles. The molecule has 0 radical (unpaired) electrons. The average molecular weight is 235 g/mol. The molecule has 0 bridgehead atoms. The van der Waals surface area contributed by atoms with E-state index in [1.54, 1.807) is 0 Å². The lowest BCUT2D eigenvalue weighted by Gasteiger charge is -2.30. The number of ether oxygens (including phenoxy) is 1. The molecule has 1 aromatic heterocycles. The van der Waals surface area contributed by atoms with Crippen molar-refractivity contribution >= 4 is 0 Å². The zero-order valence-corrected chi connectivity index (χ0v) is 12.2. The third-order valence-corrected chi connectivity index (χ3v) is 3.59. The smallest absolute Gasteiger partial charge is 0.0982 e. The number of aryl methyl sites for hydroxylation is 1. The third kappa shape index (κ3) is 2.23. The molecule has 96 valence electrons. The highest BCUT2D eigenvalue weighted by Crippen LogP contribution is 2.47. The van der Waals surface area contributed by atoms with Crippen LogP contribution in [0.15, 0.2) is 12.3 Å². The topological polar surface area (TPSA) is 22.1 Å². The van der Waals surface area contributed by atoms with Crippen molar-refractivity contribution in [3.05, 3.63) is 29.1 Å². The molecule has 0 fully saturated rings. The minimum atomic E-state index is -0.174. The Labute approximate surface area is 105 Å². The highest BCUT2D eigenvalue weighted by Gasteiger charge is 2.43. The van der Waals surface area contributed by atoms with Crippen LogP contribution in [-0.4, -0.2) is 4.98 Å². The summed E-state index contributed by atoms with van der Waals surface area (Å²) in [6.45, 7) is 14.8. The van der Waals surface area contributed by atoms with E-state index < -0.39 is 0 Å². The predicted octanol–water partition coefficient (Wildman–Crippen LogP) is 4.38. The van der Waals surface area contributed by atoms with Crippen molar-refractivity contribution in [1.29, 1.82) is 0 Å². The van der Waals surface area contributed by atoms with Gasteiger partial charge in [-0.05, 0) is 38.3 Å². The van der Waals surface area contributed by atoms with Gasteiger partial charge in [-0.15, -0.1) is 0 Å². The summed E-state index contributed by atoms with van der Waals surface area (Å²) in [4.78, 5) is 4.45. The molecular weight excluding hydrogens is 210 g/mol. The van der Waals surface area contributed by atoms with Gasteiger partial charge >= 0.3 is 0 Å².